The predicted octanol–water partition coefficient (Wildman–Crippen LogP) is 2.08. The van der Waals surface area contributed by atoms with Crippen molar-refractivity contribution in [2.24, 2.45) is 5.73 Å². The van der Waals surface area contributed by atoms with E-state index in [1.807, 2.05) is 0 Å². The molecule has 1 aromatic rings. The van der Waals surface area contributed by atoms with Gasteiger partial charge in [-0.1, -0.05) is 0 Å². The summed E-state index contributed by atoms with van der Waals surface area (Å²) < 4.78 is 33.5. The van der Waals surface area contributed by atoms with Crippen molar-refractivity contribution in [3.63, 3.8) is 0 Å². The smallest absolute Gasteiger partial charge is 0.149 e. The van der Waals surface area contributed by atoms with Gasteiger partial charge in [-0.3, -0.25) is 0 Å². The standard InChI is InChI=1S/C14H20F2N2O/c1-18(9-11-3-2-6-19-11)14-12(15)7-10(4-5-17)8-13(14)16/h7-8,11H,2-6,9,17H2,1H3. The van der Waals surface area contributed by atoms with E-state index in [-0.39, 0.29) is 11.8 Å². The van der Waals surface area contributed by atoms with Gasteiger partial charge in [0, 0.05) is 20.2 Å². The normalized spacial score (nSPS) is 18.8. The highest BCUT2D eigenvalue weighted by Gasteiger charge is 2.21. The molecule has 0 aliphatic carbocycles. The maximum Gasteiger partial charge on any atom is 0.149 e. The van der Waals surface area contributed by atoms with Gasteiger partial charge >= 0.3 is 0 Å². The first kappa shape index (κ1) is 14.2. The lowest BCUT2D eigenvalue weighted by Crippen LogP contribution is -2.30. The number of ether oxygens (including phenoxy) is 1. The first-order valence-corrected chi connectivity index (χ1v) is 6.62. The molecule has 1 aliphatic rings. The van der Waals surface area contributed by atoms with Crippen molar-refractivity contribution in [2.75, 3.05) is 31.6 Å². The highest BCUT2D eigenvalue weighted by atomic mass is 19.1. The van der Waals surface area contributed by atoms with Crippen molar-refractivity contribution < 1.29 is 13.5 Å². The highest BCUT2D eigenvalue weighted by Crippen LogP contribution is 2.25. The molecule has 0 radical (unpaired) electrons. The van der Waals surface area contributed by atoms with Crippen molar-refractivity contribution in [3.8, 4) is 0 Å². The third-order valence-electron chi connectivity index (χ3n) is 3.39. The van der Waals surface area contributed by atoms with Crippen molar-refractivity contribution >= 4 is 5.69 Å². The fourth-order valence-corrected chi connectivity index (χ4v) is 2.48. The Hall–Kier alpha value is -1.20. The monoisotopic (exact) mass is 270 g/mol. The second-order valence-electron chi connectivity index (χ2n) is 4.96. The Morgan fingerprint density at radius 1 is 1.37 bits per heavy atom. The zero-order chi connectivity index (χ0) is 13.8. The van der Waals surface area contributed by atoms with E-state index >= 15 is 0 Å². The molecule has 1 fully saturated rings. The maximum atomic E-state index is 14.0. The molecule has 3 nitrogen and oxygen atoms in total. The summed E-state index contributed by atoms with van der Waals surface area (Å²) in [6, 6.07) is 2.72. The van der Waals surface area contributed by atoms with Crippen LogP contribution in [0.25, 0.3) is 0 Å². The van der Waals surface area contributed by atoms with Crippen LogP contribution in [0.5, 0.6) is 0 Å². The summed E-state index contributed by atoms with van der Waals surface area (Å²) in [5.41, 5.74) is 6.00. The van der Waals surface area contributed by atoms with Crippen LogP contribution in [0.4, 0.5) is 14.5 Å². The Morgan fingerprint density at radius 3 is 2.58 bits per heavy atom. The molecule has 2 rings (SSSR count). The van der Waals surface area contributed by atoms with Crippen LogP contribution in [0, 0.1) is 11.6 Å². The molecule has 1 aliphatic heterocycles. The lowest BCUT2D eigenvalue weighted by atomic mass is 10.1. The van der Waals surface area contributed by atoms with E-state index in [4.69, 9.17) is 10.5 Å². The van der Waals surface area contributed by atoms with Crippen LogP contribution in [0.1, 0.15) is 18.4 Å². The van der Waals surface area contributed by atoms with E-state index in [2.05, 4.69) is 0 Å². The molecule has 2 N–H and O–H groups in total. The molecule has 0 amide bonds. The van der Waals surface area contributed by atoms with Gasteiger partial charge in [0.25, 0.3) is 0 Å². The minimum absolute atomic E-state index is 0.0104. The Balaban J connectivity index is 2.13. The minimum atomic E-state index is -0.538. The van der Waals surface area contributed by atoms with E-state index < -0.39 is 11.6 Å². The molecule has 0 spiro atoms. The van der Waals surface area contributed by atoms with E-state index in [0.717, 1.165) is 19.4 Å². The van der Waals surface area contributed by atoms with Gasteiger partial charge in [0.05, 0.1) is 6.10 Å². The van der Waals surface area contributed by atoms with Crippen LogP contribution in [0.3, 0.4) is 0 Å². The number of rotatable bonds is 5. The summed E-state index contributed by atoms with van der Waals surface area (Å²) in [4.78, 5) is 1.59. The number of nitrogens with two attached hydrogens (primary N) is 1. The molecular weight excluding hydrogens is 250 g/mol. The lowest BCUT2D eigenvalue weighted by Gasteiger charge is -2.24. The summed E-state index contributed by atoms with van der Waals surface area (Å²) in [6.45, 7) is 1.62. The van der Waals surface area contributed by atoms with Gasteiger partial charge in [0.1, 0.15) is 17.3 Å². The quantitative estimate of drug-likeness (QED) is 0.890. The lowest BCUT2D eigenvalue weighted by molar-refractivity contribution is 0.116. The highest BCUT2D eigenvalue weighted by molar-refractivity contribution is 5.50. The number of anilines is 1. The minimum Gasteiger partial charge on any atom is -0.376 e. The Labute approximate surface area is 112 Å². The number of hydrogen-bond donors (Lipinski definition) is 1. The molecule has 1 heterocycles. The van der Waals surface area contributed by atoms with Crippen molar-refractivity contribution in [3.05, 3.63) is 29.3 Å². The average molecular weight is 270 g/mol. The van der Waals surface area contributed by atoms with Gasteiger partial charge in [-0.05, 0) is 43.5 Å². The van der Waals surface area contributed by atoms with Crippen molar-refractivity contribution in [1.29, 1.82) is 0 Å². The molecule has 5 heteroatoms. The predicted molar refractivity (Wildman–Crippen MR) is 71.4 cm³/mol. The zero-order valence-corrected chi connectivity index (χ0v) is 11.2. The second kappa shape index (κ2) is 6.30. The van der Waals surface area contributed by atoms with Gasteiger partial charge in [-0.2, -0.15) is 0 Å². The van der Waals surface area contributed by atoms with Gasteiger partial charge in [0.15, 0.2) is 0 Å². The molecule has 1 saturated heterocycles. The van der Waals surface area contributed by atoms with Crippen LogP contribution in [0.15, 0.2) is 12.1 Å². The van der Waals surface area contributed by atoms with Crippen LogP contribution < -0.4 is 10.6 Å². The second-order valence-corrected chi connectivity index (χ2v) is 4.96. The van der Waals surface area contributed by atoms with Gasteiger partial charge < -0.3 is 15.4 Å². The maximum absolute atomic E-state index is 14.0. The Kier molecular flexibility index (Phi) is 4.71. The average Bonchev–Trinajstić information content (AvgIpc) is 2.81. The first-order valence-electron chi connectivity index (χ1n) is 6.62. The Bertz CT molecular complexity index is 410. The van der Waals surface area contributed by atoms with Crippen molar-refractivity contribution in [1.82, 2.24) is 0 Å². The Morgan fingerprint density at radius 2 is 2.05 bits per heavy atom. The number of halogens is 2. The summed E-state index contributed by atoms with van der Waals surface area (Å²) in [5.74, 6) is -1.08. The number of likely N-dealkylation sites (N-methyl/N-ethyl adjacent to an activating group) is 1. The number of hydrogen-bond acceptors (Lipinski definition) is 3. The third-order valence-corrected chi connectivity index (χ3v) is 3.39. The summed E-state index contributed by atoms with van der Waals surface area (Å²) in [6.07, 6.45) is 2.49. The van der Waals surface area contributed by atoms with Gasteiger partial charge in [0.2, 0.25) is 0 Å². The van der Waals surface area contributed by atoms with E-state index in [1.54, 1.807) is 11.9 Å². The zero-order valence-electron chi connectivity index (χ0n) is 11.2. The van der Waals surface area contributed by atoms with E-state index in [0.29, 0.717) is 25.1 Å². The summed E-state index contributed by atoms with van der Waals surface area (Å²) in [5, 5.41) is 0. The molecule has 0 saturated carbocycles. The van der Waals surface area contributed by atoms with Gasteiger partial charge in [-0.25, -0.2) is 8.78 Å². The van der Waals surface area contributed by atoms with Crippen LogP contribution in [-0.2, 0) is 11.2 Å². The molecule has 106 valence electrons. The molecule has 1 unspecified atom stereocenters. The molecule has 1 atom stereocenters. The molecule has 1 aromatic carbocycles. The first-order chi connectivity index (χ1) is 9.11. The topological polar surface area (TPSA) is 38.5 Å². The van der Waals surface area contributed by atoms with Crippen LogP contribution in [-0.4, -0.2) is 32.8 Å². The largest absolute Gasteiger partial charge is 0.376 e. The fraction of sp³-hybridized carbons (Fsp3) is 0.571. The van der Waals surface area contributed by atoms with E-state index in [9.17, 15) is 8.78 Å². The fourth-order valence-electron chi connectivity index (χ4n) is 2.48. The summed E-state index contributed by atoms with van der Waals surface area (Å²) in [7, 11) is 1.69. The van der Waals surface area contributed by atoms with E-state index in [1.165, 1.54) is 12.1 Å². The van der Waals surface area contributed by atoms with Crippen molar-refractivity contribution in [2.45, 2.75) is 25.4 Å². The SMILES string of the molecule is CN(CC1CCCO1)c1c(F)cc(CCN)cc1F. The molecule has 0 bridgehead atoms. The molecule has 0 aromatic heterocycles. The van der Waals surface area contributed by atoms with Crippen LogP contribution >= 0.6 is 0 Å². The van der Waals surface area contributed by atoms with Gasteiger partial charge in [-0.15, -0.1) is 0 Å². The van der Waals surface area contributed by atoms with Crippen LogP contribution in [0.2, 0.25) is 0 Å². The summed E-state index contributed by atoms with van der Waals surface area (Å²) >= 11 is 0. The molecular formula is C14H20F2N2O. The number of nitrogens with zero attached hydrogens (tertiary/aromatic N) is 1. The third kappa shape index (κ3) is 3.42. The molecule has 19 heavy (non-hydrogen) atoms. The number of benzene rings is 1.